The third kappa shape index (κ3) is 5.24. The number of aromatic nitrogens is 1. The second-order valence-electron chi connectivity index (χ2n) is 6.28. The van der Waals surface area contributed by atoms with E-state index in [-0.39, 0.29) is 29.6 Å². The standard InChI is InChI=1S/C18H23N3O5S/c1-12-17(14(3)26-20-12)11-21(4)18(23)9-10-19-27(24,25)16-7-5-15(6-8-16)13(2)22/h5-8,19H,9-11H2,1-4H3. The van der Waals surface area contributed by atoms with E-state index in [1.165, 1.54) is 36.1 Å². The van der Waals surface area contributed by atoms with Crippen LogP contribution in [0.3, 0.4) is 0 Å². The van der Waals surface area contributed by atoms with Crippen LogP contribution < -0.4 is 4.72 Å². The van der Waals surface area contributed by atoms with Crippen LogP contribution in [0, 0.1) is 13.8 Å². The minimum absolute atomic E-state index is 0.0185. The summed E-state index contributed by atoms with van der Waals surface area (Å²) in [5.41, 5.74) is 2.00. The van der Waals surface area contributed by atoms with Gasteiger partial charge in [0.1, 0.15) is 5.76 Å². The van der Waals surface area contributed by atoms with Gasteiger partial charge in [-0.25, -0.2) is 13.1 Å². The molecular weight excluding hydrogens is 370 g/mol. The number of rotatable bonds is 8. The Kier molecular flexibility index (Phi) is 6.50. The predicted molar refractivity (Wildman–Crippen MR) is 98.7 cm³/mol. The van der Waals surface area contributed by atoms with E-state index in [9.17, 15) is 18.0 Å². The molecule has 0 aliphatic heterocycles. The van der Waals surface area contributed by atoms with Crippen LogP contribution in [0.4, 0.5) is 0 Å². The summed E-state index contributed by atoms with van der Waals surface area (Å²) in [6.07, 6.45) is 0.0185. The third-order valence-electron chi connectivity index (χ3n) is 4.20. The molecule has 0 aliphatic rings. The molecule has 146 valence electrons. The molecule has 8 nitrogen and oxygen atoms in total. The molecule has 0 bridgehead atoms. The number of nitrogens with zero attached hydrogens (tertiary/aromatic N) is 2. The van der Waals surface area contributed by atoms with Gasteiger partial charge in [-0.05, 0) is 32.9 Å². The fourth-order valence-corrected chi connectivity index (χ4v) is 3.52. The van der Waals surface area contributed by atoms with Gasteiger partial charge < -0.3 is 9.42 Å². The quantitative estimate of drug-likeness (QED) is 0.685. The highest BCUT2D eigenvalue weighted by atomic mass is 32.2. The van der Waals surface area contributed by atoms with Crippen molar-refractivity contribution in [2.24, 2.45) is 0 Å². The van der Waals surface area contributed by atoms with Crippen LogP contribution in [-0.4, -0.2) is 43.8 Å². The Labute approximate surface area is 158 Å². The summed E-state index contributed by atoms with van der Waals surface area (Å²) in [6, 6.07) is 5.65. The van der Waals surface area contributed by atoms with Crippen molar-refractivity contribution in [2.75, 3.05) is 13.6 Å². The molecule has 1 amide bonds. The first-order valence-electron chi connectivity index (χ1n) is 8.38. The maximum Gasteiger partial charge on any atom is 0.240 e. The van der Waals surface area contributed by atoms with Gasteiger partial charge in [0, 0.05) is 31.1 Å². The molecule has 1 N–H and O–H groups in total. The largest absolute Gasteiger partial charge is 0.361 e. The molecule has 0 saturated carbocycles. The zero-order chi connectivity index (χ0) is 20.2. The fraction of sp³-hybridized carbons (Fsp3) is 0.389. The number of ketones is 1. The molecule has 0 fully saturated rings. The van der Waals surface area contributed by atoms with E-state index < -0.39 is 10.0 Å². The normalized spacial score (nSPS) is 11.4. The predicted octanol–water partition coefficient (Wildman–Crippen LogP) is 1.82. The monoisotopic (exact) mass is 393 g/mol. The Morgan fingerprint density at radius 3 is 2.33 bits per heavy atom. The van der Waals surface area contributed by atoms with Crippen molar-refractivity contribution in [3.05, 3.63) is 46.8 Å². The molecule has 0 atom stereocenters. The minimum atomic E-state index is -3.74. The molecule has 0 saturated heterocycles. The lowest BCUT2D eigenvalue weighted by molar-refractivity contribution is -0.130. The van der Waals surface area contributed by atoms with E-state index in [2.05, 4.69) is 9.88 Å². The highest BCUT2D eigenvalue weighted by molar-refractivity contribution is 7.89. The van der Waals surface area contributed by atoms with Gasteiger partial charge >= 0.3 is 0 Å². The highest BCUT2D eigenvalue weighted by Crippen LogP contribution is 2.15. The van der Waals surface area contributed by atoms with Crippen molar-refractivity contribution in [3.63, 3.8) is 0 Å². The summed E-state index contributed by atoms with van der Waals surface area (Å²) in [7, 11) is -2.10. The van der Waals surface area contributed by atoms with Crippen LogP contribution in [0.15, 0.2) is 33.7 Å². The summed E-state index contributed by atoms with van der Waals surface area (Å²) in [4.78, 5) is 25.0. The van der Waals surface area contributed by atoms with Gasteiger partial charge in [-0.3, -0.25) is 9.59 Å². The van der Waals surface area contributed by atoms with Gasteiger partial charge in [0.05, 0.1) is 17.1 Å². The lowest BCUT2D eigenvalue weighted by atomic mass is 10.2. The van der Waals surface area contributed by atoms with E-state index in [1.807, 2.05) is 0 Å². The van der Waals surface area contributed by atoms with Crippen LogP contribution in [-0.2, 0) is 21.4 Å². The van der Waals surface area contributed by atoms with Crippen molar-refractivity contribution in [1.29, 1.82) is 0 Å². The molecule has 1 aromatic heterocycles. The Morgan fingerprint density at radius 1 is 1.19 bits per heavy atom. The van der Waals surface area contributed by atoms with Gasteiger partial charge in [-0.1, -0.05) is 17.3 Å². The topological polar surface area (TPSA) is 110 Å². The summed E-state index contributed by atoms with van der Waals surface area (Å²) < 4.78 is 32.0. The van der Waals surface area contributed by atoms with Crippen molar-refractivity contribution >= 4 is 21.7 Å². The summed E-state index contributed by atoms with van der Waals surface area (Å²) >= 11 is 0. The first kappa shape index (κ1) is 20.8. The first-order chi connectivity index (χ1) is 12.6. The van der Waals surface area contributed by atoms with Crippen molar-refractivity contribution in [3.8, 4) is 0 Å². The molecule has 0 spiro atoms. The van der Waals surface area contributed by atoms with Crippen LogP contribution in [0.5, 0.6) is 0 Å². The SMILES string of the molecule is CC(=O)c1ccc(S(=O)(=O)NCCC(=O)N(C)Cc2c(C)noc2C)cc1. The van der Waals surface area contributed by atoms with Crippen LogP contribution >= 0.6 is 0 Å². The lowest BCUT2D eigenvalue weighted by Gasteiger charge is -2.17. The van der Waals surface area contributed by atoms with Gasteiger partial charge in [0.2, 0.25) is 15.9 Å². The maximum absolute atomic E-state index is 12.3. The molecule has 2 aromatic rings. The number of sulfonamides is 1. The van der Waals surface area contributed by atoms with Crippen molar-refractivity contribution < 1.29 is 22.5 Å². The lowest BCUT2D eigenvalue weighted by Crippen LogP contribution is -2.32. The van der Waals surface area contributed by atoms with E-state index in [4.69, 9.17) is 4.52 Å². The number of hydrogen-bond acceptors (Lipinski definition) is 6. The number of benzene rings is 1. The number of Topliss-reactive ketones (excluding diaryl/α,β-unsaturated/α-hetero) is 1. The van der Waals surface area contributed by atoms with Crippen molar-refractivity contribution in [1.82, 2.24) is 14.8 Å². The summed E-state index contributed by atoms with van der Waals surface area (Å²) in [5, 5.41) is 3.85. The van der Waals surface area contributed by atoms with E-state index >= 15 is 0 Å². The fourth-order valence-electron chi connectivity index (χ4n) is 2.49. The second-order valence-corrected chi connectivity index (χ2v) is 8.05. The second kappa shape index (κ2) is 8.45. The number of amides is 1. The molecule has 1 aromatic carbocycles. The zero-order valence-electron chi connectivity index (χ0n) is 15.8. The van der Waals surface area contributed by atoms with Crippen LogP contribution in [0.1, 0.15) is 40.7 Å². The van der Waals surface area contributed by atoms with Gasteiger partial charge in [0.15, 0.2) is 5.78 Å². The van der Waals surface area contributed by atoms with Gasteiger partial charge in [-0.2, -0.15) is 0 Å². The average Bonchev–Trinajstić information content (AvgIpc) is 2.93. The molecule has 1 heterocycles. The Balaban J connectivity index is 1.90. The first-order valence-corrected chi connectivity index (χ1v) is 9.86. The summed E-state index contributed by atoms with van der Waals surface area (Å²) in [5.74, 6) is 0.310. The zero-order valence-corrected chi connectivity index (χ0v) is 16.6. The van der Waals surface area contributed by atoms with E-state index in [1.54, 1.807) is 20.9 Å². The molecule has 0 radical (unpaired) electrons. The molecule has 9 heteroatoms. The Bertz CT molecular complexity index is 913. The summed E-state index contributed by atoms with van der Waals surface area (Å²) in [6.45, 7) is 5.31. The van der Waals surface area contributed by atoms with Crippen LogP contribution in [0.2, 0.25) is 0 Å². The van der Waals surface area contributed by atoms with Gasteiger partial charge in [0.25, 0.3) is 0 Å². The van der Waals surface area contributed by atoms with E-state index in [0.717, 1.165) is 11.3 Å². The molecular formula is C18H23N3O5S. The molecule has 27 heavy (non-hydrogen) atoms. The number of hydrogen-bond donors (Lipinski definition) is 1. The molecule has 2 rings (SSSR count). The van der Waals surface area contributed by atoms with Crippen LogP contribution in [0.25, 0.3) is 0 Å². The number of nitrogens with one attached hydrogen (secondary N) is 1. The number of carbonyl (C=O) groups is 2. The molecule has 0 aliphatic carbocycles. The minimum Gasteiger partial charge on any atom is -0.361 e. The van der Waals surface area contributed by atoms with Gasteiger partial charge in [-0.15, -0.1) is 0 Å². The molecule has 0 unspecified atom stereocenters. The maximum atomic E-state index is 12.3. The number of carbonyl (C=O) groups excluding carboxylic acids is 2. The van der Waals surface area contributed by atoms with Crippen molar-refractivity contribution in [2.45, 2.75) is 38.6 Å². The Hall–Kier alpha value is -2.52. The smallest absolute Gasteiger partial charge is 0.240 e. The van der Waals surface area contributed by atoms with E-state index in [0.29, 0.717) is 17.9 Å². The average molecular weight is 393 g/mol. The number of aryl methyl sites for hydroxylation is 2. The highest BCUT2D eigenvalue weighted by Gasteiger charge is 2.18. The third-order valence-corrected chi connectivity index (χ3v) is 5.68. The Morgan fingerprint density at radius 2 is 1.81 bits per heavy atom.